The van der Waals surface area contributed by atoms with Crippen molar-refractivity contribution in [3.05, 3.63) is 27.7 Å². The molecule has 0 spiro atoms. The molecule has 1 N–H and O–H groups in total. The van der Waals surface area contributed by atoms with Crippen LogP contribution in [-0.2, 0) is 16.6 Å². The zero-order valence-electron chi connectivity index (χ0n) is 12.0. The van der Waals surface area contributed by atoms with Gasteiger partial charge in [0.05, 0.1) is 5.02 Å². The second kappa shape index (κ2) is 7.29. The van der Waals surface area contributed by atoms with Crippen LogP contribution < -0.4 is 5.32 Å². The van der Waals surface area contributed by atoms with E-state index < -0.39 is 10.0 Å². The van der Waals surface area contributed by atoms with Gasteiger partial charge in [0.2, 0.25) is 10.0 Å². The van der Waals surface area contributed by atoms with E-state index in [1.165, 1.54) is 10.4 Å². The van der Waals surface area contributed by atoms with Crippen LogP contribution in [0.4, 0.5) is 0 Å². The lowest BCUT2D eigenvalue weighted by Crippen LogP contribution is -2.28. The van der Waals surface area contributed by atoms with Crippen molar-refractivity contribution in [2.45, 2.75) is 37.6 Å². The van der Waals surface area contributed by atoms with Crippen LogP contribution in [0, 0.1) is 0 Å². The van der Waals surface area contributed by atoms with Crippen LogP contribution in [0.2, 0.25) is 10.0 Å². The molecule has 0 unspecified atom stereocenters. The third kappa shape index (κ3) is 3.90. The minimum absolute atomic E-state index is 0.156. The first kappa shape index (κ1) is 17.0. The van der Waals surface area contributed by atoms with Gasteiger partial charge < -0.3 is 5.32 Å². The molecule has 4 nitrogen and oxygen atoms in total. The van der Waals surface area contributed by atoms with Gasteiger partial charge in [0.1, 0.15) is 4.90 Å². The lowest BCUT2D eigenvalue weighted by atomic mass is 10.2. The Hall–Kier alpha value is -0.330. The van der Waals surface area contributed by atoms with Crippen LogP contribution in [-0.4, -0.2) is 32.4 Å². The average Bonchev–Trinajstić information content (AvgIpc) is 2.95. The molecule has 0 radical (unpaired) electrons. The summed E-state index contributed by atoms with van der Waals surface area (Å²) in [6, 6.07) is 3.12. The van der Waals surface area contributed by atoms with Crippen molar-refractivity contribution in [2.24, 2.45) is 0 Å². The largest absolute Gasteiger partial charge is 0.313 e. The van der Waals surface area contributed by atoms with Gasteiger partial charge in [0.15, 0.2) is 0 Å². The monoisotopic (exact) mass is 350 g/mol. The molecule has 1 aliphatic rings. The number of halogens is 2. The van der Waals surface area contributed by atoms with Crippen LogP contribution >= 0.6 is 23.2 Å². The van der Waals surface area contributed by atoms with E-state index in [1.807, 2.05) is 0 Å². The molecule has 1 saturated heterocycles. The number of nitrogens with one attached hydrogen (secondary N) is 1. The highest BCUT2D eigenvalue weighted by molar-refractivity contribution is 7.89. The molecule has 0 saturated carbocycles. The first-order valence-electron chi connectivity index (χ1n) is 7.15. The molecular formula is C14H20Cl2N2O2S. The molecule has 0 bridgehead atoms. The van der Waals surface area contributed by atoms with Crippen LogP contribution in [0.25, 0.3) is 0 Å². The SMILES string of the molecule is CCCNCc1cc(S(=O)(=O)N2CCCC2)c(Cl)cc1Cl. The number of hydrogen-bond acceptors (Lipinski definition) is 3. The van der Waals surface area contributed by atoms with E-state index in [2.05, 4.69) is 12.2 Å². The van der Waals surface area contributed by atoms with Crippen LogP contribution in [0.15, 0.2) is 17.0 Å². The molecular weight excluding hydrogens is 331 g/mol. The summed E-state index contributed by atoms with van der Waals surface area (Å²) in [5, 5.41) is 3.90. The molecule has 118 valence electrons. The quantitative estimate of drug-likeness (QED) is 0.801. The summed E-state index contributed by atoms with van der Waals surface area (Å²) >= 11 is 12.3. The number of benzene rings is 1. The Morgan fingerprint density at radius 2 is 1.86 bits per heavy atom. The van der Waals surface area contributed by atoms with Crippen molar-refractivity contribution in [1.29, 1.82) is 0 Å². The minimum Gasteiger partial charge on any atom is -0.313 e. The topological polar surface area (TPSA) is 49.4 Å². The highest BCUT2D eigenvalue weighted by atomic mass is 35.5. The summed E-state index contributed by atoms with van der Waals surface area (Å²) < 4.78 is 26.7. The van der Waals surface area contributed by atoms with Crippen molar-refractivity contribution >= 4 is 33.2 Å². The van der Waals surface area contributed by atoms with Crippen molar-refractivity contribution in [3.63, 3.8) is 0 Å². The first-order valence-corrected chi connectivity index (χ1v) is 9.35. The summed E-state index contributed by atoms with van der Waals surface area (Å²) in [7, 11) is -3.52. The minimum atomic E-state index is -3.52. The second-order valence-electron chi connectivity index (χ2n) is 5.16. The fourth-order valence-corrected chi connectivity index (χ4v) is 4.73. The first-order chi connectivity index (χ1) is 9.96. The van der Waals surface area contributed by atoms with Gasteiger partial charge in [0.25, 0.3) is 0 Å². The summed E-state index contributed by atoms with van der Waals surface area (Å²) in [4.78, 5) is 0.156. The average molecular weight is 351 g/mol. The molecule has 0 aromatic heterocycles. The molecule has 1 heterocycles. The van der Waals surface area contributed by atoms with Gasteiger partial charge in [-0.15, -0.1) is 0 Å². The van der Waals surface area contributed by atoms with Crippen molar-refractivity contribution in [3.8, 4) is 0 Å². The summed E-state index contributed by atoms with van der Waals surface area (Å²) in [6.07, 6.45) is 2.80. The van der Waals surface area contributed by atoms with E-state index >= 15 is 0 Å². The third-order valence-electron chi connectivity index (χ3n) is 3.53. The second-order valence-corrected chi connectivity index (χ2v) is 7.88. The Bertz CT molecular complexity index is 599. The predicted molar refractivity (Wildman–Crippen MR) is 86.5 cm³/mol. The molecule has 21 heavy (non-hydrogen) atoms. The maximum absolute atomic E-state index is 12.6. The molecule has 1 aliphatic heterocycles. The van der Waals surface area contributed by atoms with Crippen molar-refractivity contribution in [1.82, 2.24) is 9.62 Å². The highest BCUT2D eigenvalue weighted by Gasteiger charge is 2.29. The summed E-state index contributed by atoms with van der Waals surface area (Å²) in [6.45, 7) is 4.58. The lowest BCUT2D eigenvalue weighted by molar-refractivity contribution is 0.477. The Balaban J connectivity index is 2.32. The molecule has 0 aliphatic carbocycles. The van der Waals surface area contributed by atoms with E-state index in [9.17, 15) is 8.42 Å². The molecule has 7 heteroatoms. The maximum Gasteiger partial charge on any atom is 0.244 e. The number of nitrogens with zero attached hydrogens (tertiary/aromatic N) is 1. The van der Waals surface area contributed by atoms with Gasteiger partial charge in [-0.25, -0.2) is 8.42 Å². The smallest absolute Gasteiger partial charge is 0.244 e. The summed E-state index contributed by atoms with van der Waals surface area (Å²) in [5.41, 5.74) is 0.757. The predicted octanol–water partition coefficient (Wildman–Crippen LogP) is 3.28. The van der Waals surface area contributed by atoms with E-state index in [1.54, 1.807) is 6.07 Å². The van der Waals surface area contributed by atoms with E-state index in [-0.39, 0.29) is 9.92 Å². The number of rotatable bonds is 6. The number of sulfonamides is 1. The van der Waals surface area contributed by atoms with Crippen molar-refractivity contribution in [2.75, 3.05) is 19.6 Å². The van der Waals surface area contributed by atoms with Crippen molar-refractivity contribution < 1.29 is 8.42 Å². The summed E-state index contributed by atoms with van der Waals surface area (Å²) in [5.74, 6) is 0. The fourth-order valence-electron chi connectivity index (χ4n) is 2.37. The van der Waals surface area contributed by atoms with Gasteiger partial charge >= 0.3 is 0 Å². The third-order valence-corrected chi connectivity index (χ3v) is 6.24. The Kier molecular flexibility index (Phi) is 5.91. The molecule has 1 aromatic carbocycles. The Morgan fingerprint density at radius 1 is 1.19 bits per heavy atom. The molecule has 0 amide bonds. The van der Waals surface area contributed by atoms with E-state index in [0.717, 1.165) is 31.4 Å². The van der Waals surface area contributed by atoms with Gasteiger partial charge in [-0.2, -0.15) is 4.31 Å². The van der Waals surface area contributed by atoms with Gasteiger partial charge in [0, 0.05) is 24.7 Å². The molecule has 1 aromatic rings. The zero-order valence-corrected chi connectivity index (χ0v) is 14.4. The molecule has 0 atom stereocenters. The molecule has 1 fully saturated rings. The Morgan fingerprint density at radius 3 is 2.48 bits per heavy atom. The van der Waals surface area contributed by atoms with E-state index in [0.29, 0.717) is 24.7 Å². The normalized spacial score (nSPS) is 16.5. The lowest BCUT2D eigenvalue weighted by Gasteiger charge is -2.18. The fraction of sp³-hybridized carbons (Fsp3) is 0.571. The Labute approximate surface area is 136 Å². The van der Waals surface area contributed by atoms with Crippen LogP contribution in [0.5, 0.6) is 0 Å². The van der Waals surface area contributed by atoms with E-state index in [4.69, 9.17) is 23.2 Å². The van der Waals surface area contributed by atoms with Gasteiger partial charge in [-0.05, 0) is 43.5 Å². The molecule has 2 rings (SSSR count). The zero-order chi connectivity index (χ0) is 15.5. The highest BCUT2D eigenvalue weighted by Crippen LogP contribution is 2.31. The van der Waals surface area contributed by atoms with Gasteiger partial charge in [-0.1, -0.05) is 30.1 Å². The number of hydrogen-bond donors (Lipinski definition) is 1. The standard InChI is InChI=1S/C14H20Cl2N2O2S/c1-2-5-17-10-11-8-14(13(16)9-12(11)15)21(19,20)18-6-3-4-7-18/h8-9,17H,2-7,10H2,1H3. The van der Waals surface area contributed by atoms with Gasteiger partial charge in [-0.3, -0.25) is 0 Å². The van der Waals surface area contributed by atoms with Crippen LogP contribution in [0.3, 0.4) is 0 Å². The van der Waals surface area contributed by atoms with Crippen LogP contribution in [0.1, 0.15) is 31.7 Å². The maximum atomic E-state index is 12.6.